The molecule has 0 atom stereocenters. The van der Waals surface area contributed by atoms with Crippen LogP contribution in [-0.4, -0.2) is 0 Å². The predicted octanol–water partition coefficient (Wildman–Crippen LogP) is 4.99. The van der Waals surface area contributed by atoms with E-state index >= 15 is 0 Å². The van der Waals surface area contributed by atoms with Crippen molar-refractivity contribution in [3.8, 4) is 0 Å². The lowest BCUT2D eigenvalue weighted by molar-refractivity contribution is 0.580. The molecule has 0 saturated carbocycles. The van der Waals surface area contributed by atoms with Crippen molar-refractivity contribution < 1.29 is 8.78 Å². The highest BCUT2D eigenvalue weighted by Crippen LogP contribution is 2.26. The van der Waals surface area contributed by atoms with Gasteiger partial charge in [-0.2, -0.15) is 0 Å². The molecule has 0 bridgehead atoms. The number of anilines is 1. The van der Waals surface area contributed by atoms with Crippen LogP contribution in [0.4, 0.5) is 14.5 Å². The molecule has 0 saturated heterocycles. The Morgan fingerprint density at radius 2 is 1.72 bits per heavy atom. The highest BCUT2D eigenvalue weighted by Gasteiger charge is 2.03. The van der Waals surface area contributed by atoms with E-state index in [1.165, 1.54) is 12.1 Å². The average molecular weight is 333 g/mol. The first kappa shape index (κ1) is 13.3. The molecule has 0 amide bonds. The number of hydrogen-bond acceptors (Lipinski definition) is 1. The lowest BCUT2D eigenvalue weighted by atomic mass is 10.2. The second-order valence-corrected chi connectivity index (χ2v) is 5.08. The molecular weight excluding hydrogens is 324 g/mol. The maximum Gasteiger partial charge on any atom is 0.126 e. The van der Waals surface area contributed by atoms with E-state index in [4.69, 9.17) is 11.6 Å². The molecule has 1 nitrogen and oxygen atoms in total. The van der Waals surface area contributed by atoms with Crippen LogP contribution in [0.2, 0.25) is 5.02 Å². The standard InChI is InChI=1S/C13H9BrClF2N/c14-9-1-2-13(12(15)5-9)18-7-8-3-10(16)6-11(17)4-8/h1-6,18H,7H2. The Labute approximate surface area is 117 Å². The lowest BCUT2D eigenvalue weighted by Crippen LogP contribution is -2.01. The van der Waals surface area contributed by atoms with Crippen molar-refractivity contribution in [1.29, 1.82) is 0 Å². The summed E-state index contributed by atoms with van der Waals surface area (Å²) in [5.74, 6) is -1.18. The smallest absolute Gasteiger partial charge is 0.126 e. The molecule has 0 unspecified atom stereocenters. The predicted molar refractivity (Wildman–Crippen MR) is 72.8 cm³/mol. The minimum atomic E-state index is -0.589. The zero-order chi connectivity index (χ0) is 13.1. The minimum Gasteiger partial charge on any atom is -0.380 e. The summed E-state index contributed by atoms with van der Waals surface area (Å²) < 4.78 is 26.8. The Kier molecular flexibility index (Phi) is 4.19. The fourth-order valence-electron chi connectivity index (χ4n) is 1.54. The van der Waals surface area contributed by atoms with Crippen molar-refractivity contribution in [2.45, 2.75) is 6.54 Å². The monoisotopic (exact) mass is 331 g/mol. The van der Waals surface area contributed by atoms with Crippen LogP contribution in [0.5, 0.6) is 0 Å². The third-order valence-corrected chi connectivity index (χ3v) is 3.14. The van der Waals surface area contributed by atoms with Crippen molar-refractivity contribution >= 4 is 33.2 Å². The van der Waals surface area contributed by atoms with Crippen molar-refractivity contribution in [3.63, 3.8) is 0 Å². The Morgan fingerprint density at radius 3 is 2.33 bits per heavy atom. The highest BCUT2D eigenvalue weighted by molar-refractivity contribution is 9.10. The van der Waals surface area contributed by atoms with Gasteiger partial charge in [-0.3, -0.25) is 0 Å². The first-order valence-corrected chi connectivity index (χ1v) is 6.35. The van der Waals surface area contributed by atoms with Gasteiger partial charge < -0.3 is 5.32 Å². The summed E-state index contributed by atoms with van der Waals surface area (Å²) in [6.07, 6.45) is 0. The van der Waals surface area contributed by atoms with Crippen LogP contribution in [0.25, 0.3) is 0 Å². The van der Waals surface area contributed by atoms with E-state index in [1.807, 2.05) is 6.07 Å². The molecule has 2 aromatic rings. The SMILES string of the molecule is Fc1cc(F)cc(CNc2ccc(Br)cc2Cl)c1. The molecular formula is C13H9BrClF2N. The summed E-state index contributed by atoms with van der Waals surface area (Å²) in [6, 6.07) is 8.78. The van der Waals surface area contributed by atoms with Crippen LogP contribution < -0.4 is 5.32 Å². The molecule has 5 heteroatoms. The zero-order valence-corrected chi connectivity index (χ0v) is 11.5. The third-order valence-electron chi connectivity index (χ3n) is 2.34. The van der Waals surface area contributed by atoms with Gasteiger partial charge in [0.25, 0.3) is 0 Å². The van der Waals surface area contributed by atoms with Crippen LogP contribution in [0.3, 0.4) is 0 Å². The molecule has 0 aromatic heterocycles. The summed E-state index contributed by atoms with van der Waals surface area (Å²) >= 11 is 9.32. The summed E-state index contributed by atoms with van der Waals surface area (Å²) in [7, 11) is 0. The molecule has 0 aliphatic heterocycles. The second-order valence-electron chi connectivity index (χ2n) is 3.76. The van der Waals surface area contributed by atoms with Crippen molar-refractivity contribution in [1.82, 2.24) is 0 Å². The van der Waals surface area contributed by atoms with Crippen LogP contribution >= 0.6 is 27.5 Å². The molecule has 0 aliphatic rings. The molecule has 2 rings (SSSR count). The molecule has 1 N–H and O–H groups in total. The van der Waals surface area contributed by atoms with Gasteiger partial charge in [0.2, 0.25) is 0 Å². The summed E-state index contributed by atoms with van der Waals surface area (Å²) in [5, 5.41) is 3.57. The average Bonchev–Trinajstić information content (AvgIpc) is 2.26. The summed E-state index contributed by atoms with van der Waals surface area (Å²) in [6.45, 7) is 0.302. The van der Waals surface area contributed by atoms with E-state index in [1.54, 1.807) is 12.1 Å². The molecule has 18 heavy (non-hydrogen) atoms. The number of hydrogen-bond donors (Lipinski definition) is 1. The Hall–Kier alpha value is -1.13. The van der Waals surface area contributed by atoms with Crippen LogP contribution in [0.15, 0.2) is 40.9 Å². The normalized spacial score (nSPS) is 10.4. The van der Waals surface area contributed by atoms with Gasteiger partial charge in [-0.25, -0.2) is 8.78 Å². The topological polar surface area (TPSA) is 12.0 Å². The maximum absolute atomic E-state index is 13.0. The fourth-order valence-corrected chi connectivity index (χ4v) is 2.28. The molecule has 94 valence electrons. The largest absolute Gasteiger partial charge is 0.380 e. The van der Waals surface area contributed by atoms with E-state index in [9.17, 15) is 8.78 Å². The number of nitrogens with one attached hydrogen (secondary N) is 1. The van der Waals surface area contributed by atoms with Crippen molar-refractivity contribution in [3.05, 3.63) is 63.1 Å². The van der Waals surface area contributed by atoms with Crippen LogP contribution in [0, 0.1) is 11.6 Å². The van der Waals surface area contributed by atoms with Gasteiger partial charge in [-0.1, -0.05) is 27.5 Å². The third kappa shape index (κ3) is 3.43. The van der Waals surface area contributed by atoms with Gasteiger partial charge in [0, 0.05) is 17.1 Å². The van der Waals surface area contributed by atoms with E-state index < -0.39 is 11.6 Å². The summed E-state index contributed by atoms with van der Waals surface area (Å²) in [5.41, 5.74) is 1.23. The van der Waals surface area contributed by atoms with E-state index in [-0.39, 0.29) is 0 Å². The van der Waals surface area contributed by atoms with Crippen LogP contribution in [-0.2, 0) is 6.54 Å². The quantitative estimate of drug-likeness (QED) is 0.834. The van der Waals surface area contributed by atoms with Gasteiger partial charge in [-0.15, -0.1) is 0 Å². The fraction of sp³-hybridized carbons (Fsp3) is 0.0769. The Morgan fingerprint density at radius 1 is 1.06 bits per heavy atom. The van der Waals surface area contributed by atoms with Gasteiger partial charge in [0.1, 0.15) is 11.6 Å². The van der Waals surface area contributed by atoms with Crippen molar-refractivity contribution in [2.24, 2.45) is 0 Å². The van der Waals surface area contributed by atoms with Gasteiger partial charge in [0.05, 0.1) is 10.7 Å². The number of halogens is 4. The zero-order valence-electron chi connectivity index (χ0n) is 9.18. The first-order valence-electron chi connectivity index (χ1n) is 5.18. The minimum absolute atomic E-state index is 0.302. The second kappa shape index (κ2) is 5.67. The van der Waals surface area contributed by atoms with Gasteiger partial charge in [-0.05, 0) is 35.9 Å². The van der Waals surface area contributed by atoms with E-state index in [0.717, 1.165) is 10.5 Å². The molecule has 0 heterocycles. The Bertz CT molecular complexity index is 555. The van der Waals surface area contributed by atoms with Gasteiger partial charge >= 0.3 is 0 Å². The molecule has 2 aromatic carbocycles. The Balaban J connectivity index is 2.11. The molecule has 0 radical (unpaired) electrons. The van der Waals surface area contributed by atoms with Crippen molar-refractivity contribution in [2.75, 3.05) is 5.32 Å². The number of rotatable bonds is 3. The van der Waals surface area contributed by atoms with E-state index in [2.05, 4.69) is 21.2 Å². The van der Waals surface area contributed by atoms with Crippen LogP contribution in [0.1, 0.15) is 5.56 Å². The van der Waals surface area contributed by atoms with E-state index in [0.29, 0.717) is 22.8 Å². The summed E-state index contributed by atoms with van der Waals surface area (Å²) in [4.78, 5) is 0. The highest BCUT2D eigenvalue weighted by atomic mass is 79.9. The molecule has 0 fully saturated rings. The maximum atomic E-state index is 13.0. The first-order chi connectivity index (χ1) is 8.54. The van der Waals surface area contributed by atoms with Gasteiger partial charge in [0.15, 0.2) is 0 Å². The number of benzene rings is 2. The lowest BCUT2D eigenvalue weighted by Gasteiger charge is -2.09. The molecule has 0 spiro atoms. The molecule has 0 aliphatic carbocycles.